The quantitative estimate of drug-likeness (QED) is 0.592. The number of aliphatic hydroxyl groups is 1. The van der Waals surface area contributed by atoms with Crippen molar-refractivity contribution in [2.45, 2.75) is 25.9 Å². The fraction of sp³-hybridized carbons (Fsp3) is 0.875. The molecule has 64 valence electrons. The van der Waals surface area contributed by atoms with Crippen LogP contribution in [0.25, 0.3) is 0 Å². The topological polar surface area (TPSA) is 40.5 Å². The lowest BCUT2D eigenvalue weighted by Gasteiger charge is -2.30. The van der Waals surface area contributed by atoms with Gasteiger partial charge >= 0.3 is 0 Å². The van der Waals surface area contributed by atoms with Gasteiger partial charge in [0.2, 0.25) is 5.91 Å². The van der Waals surface area contributed by atoms with Crippen LogP contribution in [-0.4, -0.2) is 35.6 Å². The number of hydrogen-bond donors (Lipinski definition) is 1. The average molecular weight is 157 g/mol. The van der Waals surface area contributed by atoms with Gasteiger partial charge in [-0.1, -0.05) is 0 Å². The fourth-order valence-electron chi connectivity index (χ4n) is 1.38. The lowest BCUT2D eigenvalue weighted by Crippen LogP contribution is -2.38. The Kier molecular flexibility index (Phi) is 2.49. The summed E-state index contributed by atoms with van der Waals surface area (Å²) in [4.78, 5) is 12.8. The summed E-state index contributed by atoms with van der Waals surface area (Å²) in [5.74, 6) is 0.334. The van der Waals surface area contributed by atoms with Crippen molar-refractivity contribution in [3.63, 3.8) is 0 Å². The van der Waals surface area contributed by atoms with Gasteiger partial charge in [-0.2, -0.15) is 0 Å². The van der Waals surface area contributed by atoms with Gasteiger partial charge in [-0.15, -0.1) is 0 Å². The highest BCUT2D eigenvalue weighted by Crippen LogP contribution is 2.20. The number of piperidine rings is 1. The minimum absolute atomic E-state index is 0.155. The molecule has 1 N–H and O–H groups in total. The van der Waals surface area contributed by atoms with Crippen LogP contribution in [0.15, 0.2) is 0 Å². The van der Waals surface area contributed by atoms with E-state index in [1.54, 1.807) is 18.9 Å². The van der Waals surface area contributed by atoms with Crippen molar-refractivity contribution in [1.29, 1.82) is 0 Å². The molecule has 1 rings (SSSR count). The molecule has 0 aliphatic carbocycles. The third-order valence-electron chi connectivity index (χ3n) is 2.38. The lowest BCUT2D eigenvalue weighted by molar-refractivity contribution is -0.135. The third-order valence-corrected chi connectivity index (χ3v) is 2.38. The molecular weight excluding hydrogens is 142 g/mol. The van der Waals surface area contributed by atoms with Crippen LogP contribution in [0, 0.1) is 5.92 Å². The Bertz CT molecular complexity index is 156. The first-order chi connectivity index (χ1) is 5.11. The number of nitrogens with zero attached hydrogens (tertiary/aromatic N) is 1. The molecule has 1 aliphatic heterocycles. The Morgan fingerprint density at radius 2 is 2.36 bits per heavy atom. The summed E-state index contributed by atoms with van der Waals surface area (Å²) in [6.07, 6.45) is 1.10. The second-order valence-corrected chi connectivity index (χ2v) is 3.31. The van der Waals surface area contributed by atoms with Gasteiger partial charge in [0.25, 0.3) is 0 Å². The standard InChI is InChI=1S/C8H15NO2/c1-6(10)7-3-4-9(2)8(11)5-7/h6-7,10H,3-5H2,1-2H3. The first-order valence-electron chi connectivity index (χ1n) is 4.03. The molecule has 1 heterocycles. The number of rotatable bonds is 1. The molecule has 0 radical (unpaired) electrons. The SMILES string of the molecule is CC(O)C1CCN(C)C(=O)C1. The van der Waals surface area contributed by atoms with Crippen molar-refractivity contribution in [1.82, 2.24) is 4.90 Å². The van der Waals surface area contributed by atoms with E-state index in [9.17, 15) is 9.90 Å². The Balaban J connectivity index is 2.46. The average Bonchev–Trinajstić information content (AvgIpc) is 1.94. The number of amides is 1. The summed E-state index contributed by atoms with van der Waals surface area (Å²) in [6.45, 7) is 2.54. The summed E-state index contributed by atoms with van der Waals surface area (Å²) in [7, 11) is 1.81. The molecule has 3 nitrogen and oxygen atoms in total. The number of aliphatic hydroxyl groups excluding tert-OH is 1. The van der Waals surface area contributed by atoms with Crippen molar-refractivity contribution in [2.75, 3.05) is 13.6 Å². The van der Waals surface area contributed by atoms with Gasteiger partial charge in [0.05, 0.1) is 6.10 Å². The molecule has 0 aromatic rings. The lowest BCUT2D eigenvalue weighted by atomic mass is 9.92. The molecule has 0 bridgehead atoms. The molecule has 1 amide bonds. The first-order valence-corrected chi connectivity index (χ1v) is 4.03. The molecule has 2 atom stereocenters. The van der Waals surface area contributed by atoms with Crippen molar-refractivity contribution >= 4 is 5.91 Å². The second kappa shape index (κ2) is 3.22. The monoisotopic (exact) mass is 157 g/mol. The van der Waals surface area contributed by atoms with Crippen LogP contribution < -0.4 is 0 Å². The predicted molar refractivity (Wildman–Crippen MR) is 42.0 cm³/mol. The van der Waals surface area contributed by atoms with Crippen molar-refractivity contribution in [2.24, 2.45) is 5.92 Å². The first kappa shape index (κ1) is 8.53. The molecule has 3 heteroatoms. The van der Waals surface area contributed by atoms with Crippen LogP contribution in [0.3, 0.4) is 0 Å². The zero-order chi connectivity index (χ0) is 8.43. The minimum Gasteiger partial charge on any atom is -0.393 e. The van der Waals surface area contributed by atoms with E-state index < -0.39 is 0 Å². The van der Waals surface area contributed by atoms with E-state index in [-0.39, 0.29) is 17.9 Å². The van der Waals surface area contributed by atoms with Gasteiger partial charge < -0.3 is 10.0 Å². The summed E-state index contributed by atoms with van der Waals surface area (Å²) in [5, 5.41) is 9.21. The molecule has 1 aliphatic rings. The second-order valence-electron chi connectivity index (χ2n) is 3.31. The van der Waals surface area contributed by atoms with Gasteiger partial charge in [0.1, 0.15) is 0 Å². The molecular formula is C8H15NO2. The largest absolute Gasteiger partial charge is 0.393 e. The Morgan fingerprint density at radius 1 is 1.73 bits per heavy atom. The molecule has 2 unspecified atom stereocenters. The van der Waals surface area contributed by atoms with Crippen LogP contribution in [0.4, 0.5) is 0 Å². The highest BCUT2D eigenvalue weighted by Gasteiger charge is 2.25. The van der Waals surface area contributed by atoms with E-state index in [0.717, 1.165) is 13.0 Å². The maximum absolute atomic E-state index is 11.1. The summed E-state index contributed by atoms with van der Waals surface area (Å²) in [5.41, 5.74) is 0. The van der Waals surface area contributed by atoms with Gasteiger partial charge in [-0.25, -0.2) is 0 Å². The number of carbonyl (C=O) groups excluding carboxylic acids is 1. The molecule has 1 saturated heterocycles. The van der Waals surface area contributed by atoms with Crippen molar-refractivity contribution in [3.8, 4) is 0 Å². The number of hydrogen-bond acceptors (Lipinski definition) is 2. The molecule has 0 saturated carbocycles. The summed E-state index contributed by atoms with van der Waals surface area (Å²) < 4.78 is 0. The fourth-order valence-corrected chi connectivity index (χ4v) is 1.38. The Morgan fingerprint density at radius 3 is 2.82 bits per heavy atom. The van der Waals surface area contributed by atoms with Crippen LogP contribution in [0.5, 0.6) is 0 Å². The molecule has 0 spiro atoms. The Hall–Kier alpha value is -0.570. The van der Waals surface area contributed by atoms with Crippen LogP contribution in [0.1, 0.15) is 19.8 Å². The Labute approximate surface area is 67.0 Å². The van der Waals surface area contributed by atoms with E-state index in [1.165, 1.54) is 0 Å². The maximum atomic E-state index is 11.1. The molecule has 0 aromatic carbocycles. The smallest absolute Gasteiger partial charge is 0.222 e. The predicted octanol–water partition coefficient (Wildman–Crippen LogP) is 0.236. The number of likely N-dealkylation sites (tertiary alicyclic amines) is 1. The summed E-state index contributed by atoms with van der Waals surface area (Å²) in [6, 6.07) is 0. The molecule has 1 fully saturated rings. The van der Waals surface area contributed by atoms with Gasteiger partial charge in [0.15, 0.2) is 0 Å². The zero-order valence-corrected chi connectivity index (χ0v) is 7.08. The van der Waals surface area contributed by atoms with Gasteiger partial charge in [-0.3, -0.25) is 4.79 Å². The summed E-state index contributed by atoms with van der Waals surface area (Å²) >= 11 is 0. The molecule has 0 aromatic heterocycles. The van der Waals surface area contributed by atoms with E-state index in [4.69, 9.17) is 0 Å². The normalized spacial score (nSPS) is 28.8. The van der Waals surface area contributed by atoms with Crippen molar-refractivity contribution < 1.29 is 9.90 Å². The van der Waals surface area contributed by atoms with E-state index >= 15 is 0 Å². The highest BCUT2D eigenvalue weighted by molar-refractivity contribution is 5.76. The van der Waals surface area contributed by atoms with E-state index in [1.807, 2.05) is 0 Å². The van der Waals surface area contributed by atoms with Crippen LogP contribution in [-0.2, 0) is 4.79 Å². The third kappa shape index (κ3) is 1.93. The van der Waals surface area contributed by atoms with E-state index in [0.29, 0.717) is 6.42 Å². The van der Waals surface area contributed by atoms with Crippen LogP contribution in [0.2, 0.25) is 0 Å². The molecule has 11 heavy (non-hydrogen) atoms. The van der Waals surface area contributed by atoms with Crippen molar-refractivity contribution in [3.05, 3.63) is 0 Å². The minimum atomic E-state index is -0.340. The number of carbonyl (C=O) groups is 1. The van der Waals surface area contributed by atoms with Crippen LogP contribution >= 0.6 is 0 Å². The zero-order valence-electron chi connectivity index (χ0n) is 7.08. The van der Waals surface area contributed by atoms with Gasteiger partial charge in [0, 0.05) is 20.0 Å². The van der Waals surface area contributed by atoms with Gasteiger partial charge in [-0.05, 0) is 19.3 Å². The van der Waals surface area contributed by atoms with E-state index in [2.05, 4.69) is 0 Å². The maximum Gasteiger partial charge on any atom is 0.222 e. The highest BCUT2D eigenvalue weighted by atomic mass is 16.3.